The molecule has 0 fully saturated rings. The largest absolute Gasteiger partial charge is 0.315 e. The van der Waals surface area contributed by atoms with E-state index in [1.54, 1.807) is 7.05 Å². The van der Waals surface area contributed by atoms with Gasteiger partial charge in [-0.1, -0.05) is 18.2 Å². The summed E-state index contributed by atoms with van der Waals surface area (Å²) in [7, 11) is -1.90. The molecule has 0 unspecified atom stereocenters. The van der Waals surface area contributed by atoms with E-state index in [9.17, 15) is 17.6 Å². The van der Waals surface area contributed by atoms with Gasteiger partial charge in [0, 0.05) is 19.2 Å². The molecule has 0 aliphatic heterocycles. The molecule has 1 atom stereocenters. The lowest BCUT2D eigenvalue weighted by atomic mass is 10.0. The number of rotatable bonds is 6. The molecule has 1 amide bonds. The molecule has 140 valence electrons. The number of sulfonamides is 1. The number of hydrogen-bond acceptors (Lipinski definition) is 3. The van der Waals surface area contributed by atoms with Gasteiger partial charge in [0.1, 0.15) is 5.82 Å². The molecule has 0 saturated heterocycles. The van der Waals surface area contributed by atoms with Crippen LogP contribution >= 0.6 is 0 Å². The molecule has 0 radical (unpaired) electrons. The first kappa shape index (κ1) is 20.1. The molecule has 0 aliphatic rings. The molecule has 0 spiro atoms. The van der Waals surface area contributed by atoms with Crippen LogP contribution in [0.2, 0.25) is 0 Å². The average molecular weight is 378 g/mol. The minimum atomic E-state index is -3.54. The van der Waals surface area contributed by atoms with Gasteiger partial charge >= 0.3 is 0 Å². The Morgan fingerprint density at radius 3 is 2.27 bits per heavy atom. The first-order valence-corrected chi connectivity index (χ1v) is 10.0. The quantitative estimate of drug-likeness (QED) is 0.840. The fourth-order valence-corrected chi connectivity index (χ4v) is 3.31. The van der Waals surface area contributed by atoms with Gasteiger partial charge in [0.25, 0.3) is 0 Å². The van der Waals surface area contributed by atoms with E-state index in [0.29, 0.717) is 5.56 Å². The molecule has 2 aromatic rings. The van der Waals surface area contributed by atoms with E-state index in [1.807, 2.05) is 32.0 Å². The van der Waals surface area contributed by atoms with Crippen LogP contribution in [0.25, 0.3) is 0 Å². The predicted octanol–water partition coefficient (Wildman–Crippen LogP) is 3.09. The number of carbonyl (C=O) groups excluding carboxylic acids is 1. The number of nitrogens with one attached hydrogen (secondary N) is 1. The van der Waals surface area contributed by atoms with Crippen LogP contribution in [0.1, 0.15) is 29.2 Å². The zero-order valence-corrected chi connectivity index (χ0v) is 16.1. The summed E-state index contributed by atoms with van der Waals surface area (Å²) in [4.78, 5) is 14.2. The van der Waals surface area contributed by atoms with Crippen molar-refractivity contribution in [3.63, 3.8) is 0 Å². The van der Waals surface area contributed by atoms with Gasteiger partial charge in [-0.05, 0) is 54.8 Å². The number of nitrogens with zero attached hydrogens (tertiary/aromatic N) is 1. The molecule has 26 heavy (non-hydrogen) atoms. The summed E-state index contributed by atoms with van der Waals surface area (Å²) < 4.78 is 39.0. The molecule has 2 aromatic carbocycles. The number of halogens is 1. The zero-order valence-electron chi connectivity index (χ0n) is 15.3. The summed E-state index contributed by atoms with van der Waals surface area (Å²) in [6.45, 7) is 3.95. The van der Waals surface area contributed by atoms with Gasteiger partial charge in [0.2, 0.25) is 15.9 Å². The normalized spacial score (nSPS) is 12.7. The van der Waals surface area contributed by atoms with Crippen molar-refractivity contribution < 1.29 is 17.6 Å². The molecule has 7 heteroatoms. The van der Waals surface area contributed by atoms with Crippen LogP contribution in [0.3, 0.4) is 0 Å². The highest BCUT2D eigenvalue weighted by atomic mass is 32.2. The van der Waals surface area contributed by atoms with E-state index in [0.717, 1.165) is 23.1 Å². The van der Waals surface area contributed by atoms with E-state index < -0.39 is 21.9 Å². The molecule has 0 saturated carbocycles. The van der Waals surface area contributed by atoms with Crippen molar-refractivity contribution in [2.45, 2.75) is 26.3 Å². The number of anilines is 1. The monoisotopic (exact) mass is 378 g/mol. The number of amides is 1. The Labute approximate surface area is 153 Å². The molecule has 5 nitrogen and oxygen atoms in total. The van der Waals surface area contributed by atoms with Crippen LogP contribution in [0.15, 0.2) is 42.5 Å². The maximum absolute atomic E-state index is 13.2. The Morgan fingerprint density at radius 1 is 1.12 bits per heavy atom. The van der Waals surface area contributed by atoms with Gasteiger partial charge in [-0.2, -0.15) is 0 Å². The SMILES string of the molecule is Cc1ccc(N(C)C(=O)C[C@H](NS(C)(=O)=O)c2ccc(F)cc2)cc1C. The fraction of sp³-hybridized carbons (Fsp3) is 0.316. The van der Waals surface area contributed by atoms with E-state index >= 15 is 0 Å². The third kappa shape index (κ3) is 5.37. The Balaban J connectivity index is 2.24. The Hall–Kier alpha value is -2.25. The zero-order chi connectivity index (χ0) is 19.5. The van der Waals surface area contributed by atoms with E-state index in [1.165, 1.54) is 29.2 Å². The van der Waals surface area contributed by atoms with Crippen molar-refractivity contribution in [2.75, 3.05) is 18.2 Å². The van der Waals surface area contributed by atoms with Gasteiger partial charge in [-0.25, -0.2) is 17.5 Å². The minimum absolute atomic E-state index is 0.0812. The first-order chi connectivity index (χ1) is 12.1. The van der Waals surface area contributed by atoms with Crippen molar-refractivity contribution in [1.29, 1.82) is 0 Å². The molecular weight excluding hydrogens is 355 g/mol. The van der Waals surface area contributed by atoms with E-state index in [4.69, 9.17) is 0 Å². The van der Waals surface area contributed by atoms with Crippen LogP contribution in [0.4, 0.5) is 10.1 Å². The standard InChI is InChI=1S/C19H23FN2O3S/c1-13-5-10-17(11-14(13)2)22(3)19(23)12-18(21-26(4,24)25)15-6-8-16(20)9-7-15/h5-11,18,21H,12H2,1-4H3/t18-/m0/s1. The van der Waals surface area contributed by atoms with Gasteiger partial charge in [0.05, 0.1) is 12.3 Å². The summed E-state index contributed by atoms with van der Waals surface area (Å²) in [6.07, 6.45) is 0.948. The third-order valence-corrected chi connectivity index (χ3v) is 4.97. The van der Waals surface area contributed by atoms with Crippen LogP contribution in [0.5, 0.6) is 0 Å². The van der Waals surface area contributed by atoms with Gasteiger partial charge in [0.15, 0.2) is 0 Å². The average Bonchev–Trinajstić information content (AvgIpc) is 2.55. The maximum Gasteiger partial charge on any atom is 0.228 e. The predicted molar refractivity (Wildman–Crippen MR) is 101 cm³/mol. The summed E-state index contributed by atoms with van der Waals surface area (Å²) in [6, 6.07) is 10.3. The summed E-state index contributed by atoms with van der Waals surface area (Å²) >= 11 is 0. The lowest BCUT2D eigenvalue weighted by molar-refractivity contribution is -0.118. The Kier molecular flexibility index (Phi) is 6.15. The molecule has 0 bridgehead atoms. The van der Waals surface area contributed by atoms with Crippen LogP contribution in [-0.4, -0.2) is 27.6 Å². The van der Waals surface area contributed by atoms with E-state index in [-0.39, 0.29) is 12.3 Å². The van der Waals surface area contributed by atoms with Crippen molar-refractivity contribution in [1.82, 2.24) is 4.72 Å². The molecular formula is C19H23FN2O3S. The second-order valence-corrected chi connectivity index (χ2v) is 8.20. The first-order valence-electron chi connectivity index (χ1n) is 8.13. The smallest absolute Gasteiger partial charge is 0.228 e. The van der Waals surface area contributed by atoms with Gasteiger partial charge < -0.3 is 4.90 Å². The van der Waals surface area contributed by atoms with E-state index in [2.05, 4.69) is 4.72 Å². The topological polar surface area (TPSA) is 66.5 Å². The van der Waals surface area contributed by atoms with Crippen molar-refractivity contribution in [3.05, 3.63) is 65.0 Å². The number of benzene rings is 2. The number of hydrogen-bond donors (Lipinski definition) is 1. The summed E-state index contributed by atoms with van der Waals surface area (Å²) in [5.74, 6) is -0.677. The van der Waals surface area contributed by atoms with Crippen molar-refractivity contribution in [2.24, 2.45) is 0 Å². The second kappa shape index (κ2) is 7.97. The van der Waals surface area contributed by atoms with Crippen molar-refractivity contribution in [3.8, 4) is 0 Å². The van der Waals surface area contributed by atoms with Crippen LogP contribution < -0.4 is 9.62 Å². The molecule has 0 heterocycles. The van der Waals surface area contributed by atoms with Gasteiger partial charge in [-0.15, -0.1) is 0 Å². The van der Waals surface area contributed by atoms with Crippen LogP contribution in [0, 0.1) is 19.7 Å². The maximum atomic E-state index is 13.2. The second-order valence-electron chi connectivity index (χ2n) is 6.42. The molecule has 0 aliphatic carbocycles. The molecule has 0 aromatic heterocycles. The third-order valence-electron chi connectivity index (χ3n) is 4.26. The Bertz CT molecular complexity index is 896. The fourth-order valence-electron chi connectivity index (χ4n) is 2.57. The highest BCUT2D eigenvalue weighted by Gasteiger charge is 2.22. The van der Waals surface area contributed by atoms with Crippen molar-refractivity contribution >= 4 is 21.6 Å². The summed E-state index contributed by atoms with van der Waals surface area (Å²) in [5, 5.41) is 0. The number of aryl methyl sites for hydroxylation is 2. The Morgan fingerprint density at radius 2 is 1.73 bits per heavy atom. The minimum Gasteiger partial charge on any atom is -0.315 e. The van der Waals surface area contributed by atoms with Gasteiger partial charge in [-0.3, -0.25) is 4.79 Å². The highest BCUT2D eigenvalue weighted by molar-refractivity contribution is 7.88. The molecule has 1 N–H and O–H groups in total. The summed E-state index contributed by atoms with van der Waals surface area (Å²) in [5.41, 5.74) is 3.44. The van der Waals surface area contributed by atoms with Crippen LogP contribution in [-0.2, 0) is 14.8 Å². The number of carbonyl (C=O) groups is 1. The lowest BCUT2D eigenvalue weighted by Gasteiger charge is -2.23. The highest BCUT2D eigenvalue weighted by Crippen LogP contribution is 2.23. The molecule has 2 rings (SSSR count). The lowest BCUT2D eigenvalue weighted by Crippen LogP contribution is -2.34.